The van der Waals surface area contributed by atoms with Crippen molar-refractivity contribution in [3.63, 3.8) is 0 Å². The lowest BCUT2D eigenvalue weighted by Crippen LogP contribution is -2.26. The molecular formula is C25H25ClFN7. The van der Waals surface area contributed by atoms with Gasteiger partial charge in [0.1, 0.15) is 11.6 Å². The summed E-state index contributed by atoms with van der Waals surface area (Å²) in [5.74, 6) is 1.09. The Morgan fingerprint density at radius 2 is 1.82 bits per heavy atom. The van der Waals surface area contributed by atoms with Crippen molar-refractivity contribution in [2.75, 3.05) is 23.7 Å². The minimum atomic E-state index is -0.436. The summed E-state index contributed by atoms with van der Waals surface area (Å²) < 4.78 is 15.5. The first-order chi connectivity index (χ1) is 16.5. The van der Waals surface area contributed by atoms with Crippen molar-refractivity contribution in [2.24, 2.45) is 7.05 Å². The van der Waals surface area contributed by atoms with Crippen molar-refractivity contribution in [1.82, 2.24) is 25.1 Å². The number of piperidine rings is 1. The summed E-state index contributed by atoms with van der Waals surface area (Å²) in [6.45, 7) is 2.12. The van der Waals surface area contributed by atoms with Crippen LogP contribution in [0.3, 0.4) is 0 Å². The lowest BCUT2D eigenvalue weighted by molar-refractivity contribution is 0.460. The second kappa shape index (κ2) is 9.79. The lowest BCUT2D eigenvalue weighted by atomic mass is 9.90. The van der Waals surface area contributed by atoms with Crippen molar-refractivity contribution in [1.29, 1.82) is 0 Å². The number of nitrogens with one attached hydrogen (secondary N) is 3. The summed E-state index contributed by atoms with van der Waals surface area (Å²) in [6.07, 6.45) is 7.71. The Balaban J connectivity index is 1.43. The number of aryl methyl sites for hydroxylation is 1. The van der Waals surface area contributed by atoms with Crippen LogP contribution in [0.2, 0.25) is 5.02 Å². The van der Waals surface area contributed by atoms with E-state index in [0.29, 0.717) is 28.4 Å². The van der Waals surface area contributed by atoms with Crippen molar-refractivity contribution >= 4 is 34.7 Å². The standard InChI is InChI=1S/C25H25ClFN7/c1-34-15-18(13-30-34)23-14-29-25(32-22-11-19(26)10-20(27)12-22)33-24(23)31-21-4-2-16(3-5-21)17-6-8-28-9-7-17/h2-5,10-15,17,28H,6-9H2,1H3,(H2,29,31,32,33). The average molecular weight is 478 g/mol. The number of rotatable bonds is 6. The van der Waals surface area contributed by atoms with Crippen LogP contribution in [0.15, 0.2) is 61.1 Å². The maximum atomic E-state index is 13.8. The SMILES string of the molecule is Cn1cc(-c2cnc(Nc3cc(F)cc(Cl)c3)nc2Nc2ccc(C3CCNCC3)cc2)cn1. The van der Waals surface area contributed by atoms with E-state index >= 15 is 0 Å². The first-order valence-electron chi connectivity index (χ1n) is 11.2. The van der Waals surface area contributed by atoms with Gasteiger partial charge in [-0.05, 0) is 67.7 Å². The van der Waals surface area contributed by atoms with Crippen molar-refractivity contribution in [3.05, 3.63) is 77.5 Å². The number of aromatic nitrogens is 4. The molecule has 34 heavy (non-hydrogen) atoms. The normalized spacial score (nSPS) is 14.2. The minimum absolute atomic E-state index is 0.293. The summed E-state index contributed by atoms with van der Waals surface area (Å²) in [5, 5.41) is 14.4. The Kier molecular flexibility index (Phi) is 6.42. The molecule has 0 spiro atoms. The van der Waals surface area contributed by atoms with Crippen LogP contribution in [0.1, 0.15) is 24.3 Å². The van der Waals surface area contributed by atoms with E-state index in [0.717, 1.165) is 42.7 Å². The second-order valence-electron chi connectivity index (χ2n) is 8.41. The largest absolute Gasteiger partial charge is 0.340 e. The zero-order valence-electron chi connectivity index (χ0n) is 18.7. The molecule has 2 aromatic carbocycles. The van der Waals surface area contributed by atoms with Crippen molar-refractivity contribution < 1.29 is 4.39 Å². The smallest absolute Gasteiger partial charge is 0.229 e. The Labute approximate surface area is 202 Å². The number of hydrogen-bond donors (Lipinski definition) is 3. The van der Waals surface area contributed by atoms with E-state index in [1.54, 1.807) is 23.1 Å². The van der Waals surface area contributed by atoms with E-state index in [2.05, 4.69) is 55.3 Å². The lowest BCUT2D eigenvalue weighted by Gasteiger charge is -2.23. The molecule has 0 radical (unpaired) electrons. The fraction of sp³-hybridized carbons (Fsp3) is 0.240. The van der Waals surface area contributed by atoms with Crippen LogP contribution in [0, 0.1) is 5.82 Å². The van der Waals surface area contributed by atoms with Gasteiger partial charge < -0.3 is 16.0 Å². The van der Waals surface area contributed by atoms with Gasteiger partial charge in [0.15, 0.2) is 0 Å². The highest BCUT2D eigenvalue weighted by atomic mass is 35.5. The maximum absolute atomic E-state index is 13.8. The van der Waals surface area contributed by atoms with Crippen molar-refractivity contribution in [2.45, 2.75) is 18.8 Å². The Morgan fingerprint density at radius 1 is 1.03 bits per heavy atom. The molecule has 0 saturated carbocycles. The van der Waals surface area contributed by atoms with Gasteiger partial charge in [-0.3, -0.25) is 4.68 Å². The van der Waals surface area contributed by atoms with Gasteiger partial charge in [0.2, 0.25) is 5.95 Å². The molecule has 3 N–H and O–H groups in total. The Hall–Kier alpha value is -3.49. The average Bonchev–Trinajstić information content (AvgIpc) is 3.26. The first kappa shape index (κ1) is 22.3. The number of hydrogen-bond acceptors (Lipinski definition) is 6. The van der Waals surface area contributed by atoms with Gasteiger partial charge in [-0.25, -0.2) is 9.37 Å². The van der Waals surface area contributed by atoms with Crippen LogP contribution in [0.5, 0.6) is 0 Å². The highest BCUT2D eigenvalue weighted by Crippen LogP contribution is 2.31. The summed E-state index contributed by atoms with van der Waals surface area (Å²) >= 11 is 5.99. The third-order valence-corrected chi connectivity index (χ3v) is 6.13. The molecule has 1 aliphatic rings. The molecule has 174 valence electrons. The van der Waals surface area contributed by atoms with Gasteiger partial charge in [-0.1, -0.05) is 23.7 Å². The molecule has 1 fully saturated rings. The van der Waals surface area contributed by atoms with E-state index < -0.39 is 5.82 Å². The van der Waals surface area contributed by atoms with E-state index in [-0.39, 0.29) is 0 Å². The molecule has 5 rings (SSSR count). The fourth-order valence-corrected chi connectivity index (χ4v) is 4.42. The number of halogens is 2. The van der Waals surface area contributed by atoms with Gasteiger partial charge in [0.05, 0.1) is 6.20 Å². The molecular weight excluding hydrogens is 453 g/mol. The van der Waals surface area contributed by atoms with Crippen LogP contribution >= 0.6 is 11.6 Å². The minimum Gasteiger partial charge on any atom is -0.340 e. The Bertz CT molecular complexity index is 1260. The molecule has 3 heterocycles. The van der Waals surface area contributed by atoms with Gasteiger partial charge in [0.25, 0.3) is 0 Å². The topological polar surface area (TPSA) is 79.7 Å². The number of anilines is 4. The van der Waals surface area contributed by atoms with Crippen LogP contribution in [-0.2, 0) is 7.05 Å². The summed E-state index contributed by atoms with van der Waals surface area (Å²) in [4.78, 5) is 9.10. The van der Waals surface area contributed by atoms with Crippen LogP contribution in [-0.4, -0.2) is 32.8 Å². The quantitative estimate of drug-likeness (QED) is 0.334. The first-order valence-corrected chi connectivity index (χ1v) is 11.6. The third-order valence-electron chi connectivity index (χ3n) is 5.91. The molecule has 0 atom stereocenters. The number of benzene rings is 2. The fourth-order valence-electron chi connectivity index (χ4n) is 4.19. The van der Waals surface area contributed by atoms with E-state index in [1.807, 2.05) is 13.2 Å². The van der Waals surface area contributed by atoms with Crippen LogP contribution in [0.4, 0.5) is 27.5 Å². The molecule has 1 aliphatic heterocycles. The van der Waals surface area contributed by atoms with Crippen molar-refractivity contribution in [3.8, 4) is 11.1 Å². The molecule has 0 amide bonds. The van der Waals surface area contributed by atoms with Gasteiger partial charge in [-0.2, -0.15) is 10.1 Å². The predicted molar refractivity (Wildman–Crippen MR) is 133 cm³/mol. The van der Waals surface area contributed by atoms with Crippen LogP contribution < -0.4 is 16.0 Å². The molecule has 7 nitrogen and oxygen atoms in total. The summed E-state index contributed by atoms with van der Waals surface area (Å²) in [6, 6.07) is 12.7. The van der Waals surface area contributed by atoms with E-state index in [1.165, 1.54) is 17.7 Å². The van der Waals surface area contributed by atoms with E-state index in [9.17, 15) is 4.39 Å². The molecule has 9 heteroatoms. The maximum Gasteiger partial charge on any atom is 0.229 e. The summed E-state index contributed by atoms with van der Waals surface area (Å²) in [7, 11) is 1.86. The molecule has 2 aromatic heterocycles. The number of nitrogens with zero attached hydrogens (tertiary/aromatic N) is 4. The van der Waals surface area contributed by atoms with Gasteiger partial charge in [0, 0.05) is 47.0 Å². The Morgan fingerprint density at radius 3 is 2.53 bits per heavy atom. The zero-order chi connectivity index (χ0) is 23.5. The third kappa shape index (κ3) is 5.18. The second-order valence-corrected chi connectivity index (χ2v) is 8.85. The molecule has 0 aliphatic carbocycles. The van der Waals surface area contributed by atoms with Gasteiger partial charge >= 0.3 is 0 Å². The highest BCUT2D eigenvalue weighted by Gasteiger charge is 2.16. The predicted octanol–water partition coefficient (Wildman–Crippen LogP) is 5.62. The van der Waals surface area contributed by atoms with E-state index in [4.69, 9.17) is 11.6 Å². The molecule has 0 unspecified atom stereocenters. The van der Waals surface area contributed by atoms with Crippen LogP contribution in [0.25, 0.3) is 11.1 Å². The van der Waals surface area contributed by atoms with Gasteiger partial charge in [-0.15, -0.1) is 0 Å². The molecule has 4 aromatic rings. The monoisotopic (exact) mass is 477 g/mol. The summed E-state index contributed by atoms with van der Waals surface area (Å²) in [5.41, 5.74) is 4.43. The zero-order valence-corrected chi connectivity index (χ0v) is 19.5. The molecule has 1 saturated heterocycles. The highest BCUT2D eigenvalue weighted by molar-refractivity contribution is 6.30. The molecule has 0 bridgehead atoms.